The third-order valence-electron chi connectivity index (χ3n) is 2.89. The van der Waals surface area contributed by atoms with Crippen LogP contribution >= 0.6 is 0 Å². The lowest BCUT2D eigenvalue weighted by Crippen LogP contribution is -2.13. The average Bonchev–Trinajstić information content (AvgIpc) is 2.98. The Morgan fingerprint density at radius 1 is 1.05 bits per heavy atom. The van der Waals surface area contributed by atoms with Gasteiger partial charge in [-0.2, -0.15) is 15.4 Å². The highest BCUT2D eigenvalue weighted by molar-refractivity contribution is 6.06. The molecule has 0 atom stereocenters. The zero-order chi connectivity index (χ0) is 14.7. The lowest BCUT2D eigenvalue weighted by atomic mass is 10.1. The van der Waals surface area contributed by atoms with Crippen LogP contribution in [0.15, 0.2) is 54.6 Å². The van der Waals surface area contributed by atoms with Crippen LogP contribution in [0.1, 0.15) is 10.5 Å². The summed E-state index contributed by atoms with van der Waals surface area (Å²) in [5, 5.41) is 12.9. The summed E-state index contributed by atoms with van der Waals surface area (Å²) >= 11 is 0. The molecule has 1 amide bonds. The van der Waals surface area contributed by atoms with Gasteiger partial charge in [0, 0.05) is 11.3 Å². The number of hydrogen-bond donors (Lipinski definition) is 2. The van der Waals surface area contributed by atoms with E-state index in [0.717, 1.165) is 5.56 Å². The molecule has 0 aliphatic heterocycles. The summed E-state index contributed by atoms with van der Waals surface area (Å²) < 4.78 is 13.1. The molecule has 2 N–H and O–H groups in total. The van der Waals surface area contributed by atoms with Crippen molar-refractivity contribution in [3.8, 4) is 11.3 Å². The van der Waals surface area contributed by atoms with Crippen molar-refractivity contribution in [3.63, 3.8) is 0 Å². The number of hydrogen-bond acceptors (Lipinski definition) is 3. The Morgan fingerprint density at radius 2 is 1.86 bits per heavy atom. The number of H-pyrrole nitrogens is 1. The maximum absolute atomic E-state index is 13.1. The summed E-state index contributed by atoms with van der Waals surface area (Å²) in [6.07, 6.45) is 0. The number of rotatable bonds is 3. The van der Waals surface area contributed by atoms with Gasteiger partial charge in [-0.25, -0.2) is 4.39 Å². The molecule has 0 radical (unpaired) electrons. The third-order valence-corrected chi connectivity index (χ3v) is 2.89. The number of amides is 1. The van der Waals surface area contributed by atoms with Crippen LogP contribution in [0.2, 0.25) is 0 Å². The monoisotopic (exact) mass is 282 g/mol. The summed E-state index contributed by atoms with van der Waals surface area (Å²) in [6.45, 7) is 0. The zero-order valence-electron chi connectivity index (χ0n) is 10.9. The molecule has 6 heteroatoms. The van der Waals surface area contributed by atoms with Gasteiger partial charge in [0.15, 0.2) is 5.69 Å². The van der Waals surface area contributed by atoms with E-state index in [0.29, 0.717) is 11.4 Å². The van der Waals surface area contributed by atoms with E-state index in [-0.39, 0.29) is 5.69 Å². The van der Waals surface area contributed by atoms with Crippen LogP contribution in [0, 0.1) is 5.82 Å². The van der Waals surface area contributed by atoms with Gasteiger partial charge in [-0.3, -0.25) is 4.79 Å². The normalized spacial score (nSPS) is 10.3. The van der Waals surface area contributed by atoms with Crippen molar-refractivity contribution < 1.29 is 9.18 Å². The largest absolute Gasteiger partial charge is 0.320 e. The van der Waals surface area contributed by atoms with Gasteiger partial charge < -0.3 is 5.32 Å². The molecule has 3 aromatic rings. The molecule has 21 heavy (non-hydrogen) atoms. The fourth-order valence-electron chi connectivity index (χ4n) is 1.94. The molecule has 0 spiro atoms. The van der Waals surface area contributed by atoms with Crippen LogP contribution < -0.4 is 5.32 Å². The van der Waals surface area contributed by atoms with Gasteiger partial charge in [0.25, 0.3) is 5.91 Å². The van der Waals surface area contributed by atoms with Crippen LogP contribution in [0.3, 0.4) is 0 Å². The molecule has 0 unspecified atom stereocenters. The number of aromatic amines is 1. The van der Waals surface area contributed by atoms with E-state index in [1.54, 1.807) is 6.07 Å². The van der Waals surface area contributed by atoms with Gasteiger partial charge in [0.1, 0.15) is 11.5 Å². The van der Waals surface area contributed by atoms with Gasteiger partial charge >= 0.3 is 0 Å². The average molecular weight is 282 g/mol. The molecular weight excluding hydrogens is 271 g/mol. The number of halogens is 1. The predicted octanol–water partition coefficient (Wildman–Crippen LogP) is 2.86. The van der Waals surface area contributed by atoms with Crippen molar-refractivity contribution >= 4 is 11.6 Å². The Balaban J connectivity index is 1.88. The zero-order valence-corrected chi connectivity index (χ0v) is 10.9. The topological polar surface area (TPSA) is 70.7 Å². The van der Waals surface area contributed by atoms with Gasteiger partial charge in [-0.05, 0) is 18.2 Å². The first-order valence-electron chi connectivity index (χ1n) is 6.27. The second-order valence-corrected chi connectivity index (χ2v) is 4.35. The van der Waals surface area contributed by atoms with E-state index in [9.17, 15) is 9.18 Å². The molecule has 5 nitrogen and oxygen atoms in total. The first-order valence-corrected chi connectivity index (χ1v) is 6.27. The number of carbonyl (C=O) groups excluding carboxylic acids is 1. The van der Waals surface area contributed by atoms with Crippen LogP contribution in [-0.2, 0) is 0 Å². The molecule has 0 aliphatic carbocycles. The first-order chi connectivity index (χ1) is 10.2. The molecule has 104 valence electrons. The van der Waals surface area contributed by atoms with E-state index in [4.69, 9.17) is 0 Å². The number of nitrogens with zero attached hydrogens (tertiary/aromatic N) is 2. The van der Waals surface area contributed by atoms with Crippen LogP contribution in [-0.4, -0.2) is 21.3 Å². The van der Waals surface area contributed by atoms with Crippen molar-refractivity contribution in [2.24, 2.45) is 0 Å². The van der Waals surface area contributed by atoms with Crippen molar-refractivity contribution in [3.05, 3.63) is 66.1 Å². The van der Waals surface area contributed by atoms with E-state index >= 15 is 0 Å². The summed E-state index contributed by atoms with van der Waals surface area (Å²) in [5.41, 5.74) is 1.74. The highest BCUT2D eigenvalue weighted by atomic mass is 19.1. The fourth-order valence-corrected chi connectivity index (χ4v) is 1.94. The van der Waals surface area contributed by atoms with E-state index < -0.39 is 11.7 Å². The predicted molar refractivity (Wildman–Crippen MR) is 76.2 cm³/mol. The second-order valence-electron chi connectivity index (χ2n) is 4.35. The molecular formula is C15H11FN4O. The minimum atomic E-state index is -0.451. The molecule has 3 rings (SSSR count). The maximum atomic E-state index is 13.1. The smallest absolute Gasteiger partial charge is 0.278 e. The highest BCUT2D eigenvalue weighted by Crippen LogP contribution is 2.20. The molecule has 0 aliphatic rings. The SMILES string of the molecule is O=C(Nc1cccc(F)c1)c1n[nH]nc1-c1ccccc1. The molecule has 0 saturated heterocycles. The summed E-state index contributed by atoms with van der Waals surface area (Å²) in [4.78, 5) is 12.2. The number of aromatic nitrogens is 3. The van der Waals surface area contributed by atoms with Crippen LogP contribution in [0.5, 0.6) is 0 Å². The lowest BCUT2D eigenvalue weighted by molar-refractivity contribution is 0.102. The maximum Gasteiger partial charge on any atom is 0.278 e. The third kappa shape index (κ3) is 2.79. The van der Waals surface area contributed by atoms with Crippen molar-refractivity contribution in [2.75, 3.05) is 5.32 Å². The molecule has 1 aromatic heterocycles. The number of nitrogens with one attached hydrogen (secondary N) is 2. The van der Waals surface area contributed by atoms with E-state index in [1.165, 1.54) is 18.2 Å². The van der Waals surface area contributed by atoms with E-state index in [2.05, 4.69) is 20.7 Å². The van der Waals surface area contributed by atoms with Gasteiger partial charge in [0.05, 0.1) is 0 Å². The lowest BCUT2D eigenvalue weighted by Gasteiger charge is -2.04. The van der Waals surface area contributed by atoms with E-state index in [1.807, 2.05) is 30.3 Å². The molecule has 1 heterocycles. The fraction of sp³-hybridized carbons (Fsp3) is 0. The minimum Gasteiger partial charge on any atom is -0.320 e. The summed E-state index contributed by atoms with van der Waals surface area (Å²) in [5.74, 6) is -0.871. The highest BCUT2D eigenvalue weighted by Gasteiger charge is 2.17. The summed E-state index contributed by atoms with van der Waals surface area (Å²) in [7, 11) is 0. The summed E-state index contributed by atoms with van der Waals surface area (Å²) in [6, 6.07) is 14.9. The van der Waals surface area contributed by atoms with Crippen molar-refractivity contribution in [1.82, 2.24) is 15.4 Å². The van der Waals surface area contributed by atoms with Crippen molar-refractivity contribution in [2.45, 2.75) is 0 Å². The Kier molecular flexibility index (Phi) is 3.42. The van der Waals surface area contributed by atoms with Crippen molar-refractivity contribution in [1.29, 1.82) is 0 Å². The number of carbonyl (C=O) groups is 1. The molecule has 0 saturated carbocycles. The molecule has 2 aromatic carbocycles. The van der Waals surface area contributed by atoms with Crippen LogP contribution in [0.4, 0.5) is 10.1 Å². The minimum absolute atomic E-state index is 0.158. The Bertz CT molecular complexity index is 770. The number of benzene rings is 2. The Labute approximate surface area is 119 Å². The van der Waals surface area contributed by atoms with Crippen LogP contribution in [0.25, 0.3) is 11.3 Å². The Morgan fingerprint density at radius 3 is 2.62 bits per heavy atom. The van der Waals surface area contributed by atoms with Gasteiger partial charge in [0.2, 0.25) is 0 Å². The second kappa shape index (κ2) is 5.54. The van der Waals surface area contributed by atoms with Gasteiger partial charge in [-0.1, -0.05) is 36.4 Å². The molecule has 0 fully saturated rings. The van der Waals surface area contributed by atoms with Gasteiger partial charge in [-0.15, -0.1) is 0 Å². The first kappa shape index (κ1) is 13.0. The Hall–Kier alpha value is -3.02. The molecule has 0 bridgehead atoms. The quantitative estimate of drug-likeness (QED) is 0.776. The number of anilines is 1. The standard InChI is InChI=1S/C15H11FN4O/c16-11-7-4-8-12(9-11)17-15(21)14-13(18-20-19-14)10-5-2-1-3-6-10/h1-9H,(H,17,21)(H,18,19,20).